The van der Waals surface area contributed by atoms with Crippen molar-refractivity contribution in [3.8, 4) is 0 Å². The number of aromatic nitrogens is 3. The van der Waals surface area contributed by atoms with E-state index in [-0.39, 0.29) is 0 Å². The van der Waals surface area contributed by atoms with Crippen LogP contribution in [-0.4, -0.2) is 36.9 Å². The van der Waals surface area contributed by atoms with Crippen molar-refractivity contribution in [2.45, 2.75) is 50.7 Å². The minimum Gasteiger partial charge on any atom is -0.390 e. The molecule has 1 saturated carbocycles. The van der Waals surface area contributed by atoms with E-state index >= 15 is 0 Å². The minimum absolute atomic E-state index is 0.374. The van der Waals surface area contributed by atoms with Crippen molar-refractivity contribution in [2.24, 2.45) is 13.0 Å². The summed E-state index contributed by atoms with van der Waals surface area (Å²) in [6.07, 6.45) is 4.72. The molecular formula is C12H21N3O2. The molecule has 1 atom stereocenters. The Kier molecular flexibility index (Phi) is 3.49. The van der Waals surface area contributed by atoms with Crippen LogP contribution in [0.5, 0.6) is 0 Å². The summed E-state index contributed by atoms with van der Waals surface area (Å²) in [4.78, 5) is 0. The van der Waals surface area contributed by atoms with Crippen molar-refractivity contribution < 1.29 is 10.2 Å². The fourth-order valence-corrected chi connectivity index (χ4v) is 2.47. The molecule has 0 amide bonds. The SMILES string of the molecule is CC1CCC(O)(C(O)Cc2cn(C)nn2)CC1. The molecule has 0 aliphatic heterocycles. The van der Waals surface area contributed by atoms with Gasteiger partial charge in [-0.1, -0.05) is 12.1 Å². The molecule has 0 saturated heterocycles. The molecule has 1 unspecified atom stereocenters. The average molecular weight is 239 g/mol. The normalized spacial score (nSPS) is 31.4. The van der Waals surface area contributed by atoms with Gasteiger partial charge in [-0.3, -0.25) is 4.68 Å². The molecule has 1 heterocycles. The summed E-state index contributed by atoms with van der Waals surface area (Å²) in [6.45, 7) is 2.19. The molecule has 2 rings (SSSR count). The largest absolute Gasteiger partial charge is 0.390 e. The molecule has 96 valence electrons. The lowest BCUT2D eigenvalue weighted by molar-refractivity contribution is -0.102. The lowest BCUT2D eigenvalue weighted by atomic mass is 9.75. The van der Waals surface area contributed by atoms with Gasteiger partial charge < -0.3 is 10.2 Å². The molecule has 0 radical (unpaired) electrons. The molecule has 5 nitrogen and oxygen atoms in total. The molecule has 17 heavy (non-hydrogen) atoms. The van der Waals surface area contributed by atoms with Crippen molar-refractivity contribution in [1.82, 2.24) is 15.0 Å². The van der Waals surface area contributed by atoms with E-state index in [2.05, 4.69) is 17.2 Å². The summed E-state index contributed by atoms with van der Waals surface area (Å²) in [5, 5.41) is 28.3. The van der Waals surface area contributed by atoms with Gasteiger partial charge in [0.2, 0.25) is 0 Å². The van der Waals surface area contributed by atoms with Crippen molar-refractivity contribution in [3.05, 3.63) is 11.9 Å². The fraction of sp³-hybridized carbons (Fsp3) is 0.833. The van der Waals surface area contributed by atoms with E-state index in [4.69, 9.17) is 0 Å². The van der Waals surface area contributed by atoms with Crippen LogP contribution in [0, 0.1) is 5.92 Å². The molecule has 0 spiro atoms. The van der Waals surface area contributed by atoms with Crippen LogP contribution >= 0.6 is 0 Å². The second-order valence-electron chi connectivity index (χ2n) is 5.39. The van der Waals surface area contributed by atoms with Crippen LogP contribution < -0.4 is 0 Å². The van der Waals surface area contributed by atoms with E-state index in [1.165, 1.54) is 0 Å². The van der Waals surface area contributed by atoms with Crippen LogP contribution in [0.3, 0.4) is 0 Å². The first-order valence-electron chi connectivity index (χ1n) is 6.25. The van der Waals surface area contributed by atoms with Gasteiger partial charge >= 0.3 is 0 Å². The summed E-state index contributed by atoms with van der Waals surface area (Å²) in [5.74, 6) is 0.652. The highest BCUT2D eigenvalue weighted by molar-refractivity contribution is 5.00. The van der Waals surface area contributed by atoms with Crippen LogP contribution in [0.4, 0.5) is 0 Å². The van der Waals surface area contributed by atoms with Gasteiger partial charge in [0.05, 0.1) is 17.4 Å². The molecular weight excluding hydrogens is 218 g/mol. The summed E-state index contributed by atoms with van der Waals surface area (Å²) in [5.41, 5.74) is -0.212. The van der Waals surface area contributed by atoms with Crippen LogP contribution in [0.25, 0.3) is 0 Å². The Bertz CT molecular complexity index is 370. The third-order valence-electron chi connectivity index (χ3n) is 3.81. The molecule has 1 fully saturated rings. The highest BCUT2D eigenvalue weighted by Crippen LogP contribution is 2.34. The number of aliphatic hydroxyl groups is 2. The van der Waals surface area contributed by atoms with Gasteiger partial charge in [0.1, 0.15) is 0 Å². The van der Waals surface area contributed by atoms with E-state index in [9.17, 15) is 10.2 Å². The second kappa shape index (κ2) is 4.74. The molecule has 1 aliphatic rings. The van der Waals surface area contributed by atoms with Gasteiger partial charge in [0.15, 0.2) is 0 Å². The van der Waals surface area contributed by atoms with Gasteiger partial charge in [-0.05, 0) is 31.6 Å². The predicted octanol–water partition coefficient (Wildman–Crippen LogP) is 0.660. The van der Waals surface area contributed by atoms with E-state index in [0.29, 0.717) is 25.2 Å². The molecule has 0 aromatic carbocycles. The maximum absolute atomic E-state index is 10.4. The van der Waals surface area contributed by atoms with E-state index in [0.717, 1.165) is 18.5 Å². The zero-order chi connectivity index (χ0) is 12.5. The number of nitrogens with zero attached hydrogens (tertiary/aromatic N) is 3. The number of hydrogen-bond donors (Lipinski definition) is 2. The standard InChI is InChI=1S/C12H21N3O2/c1-9-3-5-12(17,6-4-9)11(16)7-10-8-15(2)14-13-10/h8-9,11,16-17H,3-7H2,1-2H3. The van der Waals surface area contributed by atoms with E-state index < -0.39 is 11.7 Å². The molecule has 5 heteroatoms. The summed E-state index contributed by atoms with van der Waals surface area (Å²) < 4.78 is 1.61. The van der Waals surface area contributed by atoms with Gasteiger partial charge in [-0.2, -0.15) is 0 Å². The zero-order valence-electron chi connectivity index (χ0n) is 10.5. The zero-order valence-corrected chi connectivity index (χ0v) is 10.5. The monoisotopic (exact) mass is 239 g/mol. The third-order valence-corrected chi connectivity index (χ3v) is 3.81. The molecule has 1 aliphatic carbocycles. The van der Waals surface area contributed by atoms with Crippen LogP contribution in [-0.2, 0) is 13.5 Å². The highest BCUT2D eigenvalue weighted by atomic mass is 16.3. The lowest BCUT2D eigenvalue weighted by Crippen LogP contribution is -2.46. The first-order valence-corrected chi connectivity index (χ1v) is 6.25. The first kappa shape index (κ1) is 12.5. The Balaban J connectivity index is 1.97. The van der Waals surface area contributed by atoms with Gasteiger partial charge in [0, 0.05) is 19.7 Å². The van der Waals surface area contributed by atoms with Gasteiger partial charge in [-0.25, -0.2) is 0 Å². The number of aliphatic hydroxyl groups excluding tert-OH is 1. The maximum Gasteiger partial charge on any atom is 0.0909 e. The number of aryl methyl sites for hydroxylation is 1. The van der Waals surface area contributed by atoms with Crippen LogP contribution in [0.15, 0.2) is 6.20 Å². The van der Waals surface area contributed by atoms with Crippen LogP contribution in [0.1, 0.15) is 38.3 Å². The Morgan fingerprint density at radius 3 is 2.71 bits per heavy atom. The maximum atomic E-state index is 10.4. The minimum atomic E-state index is -0.940. The second-order valence-corrected chi connectivity index (χ2v) is 5.39. The van der Waals surface area contributed by atoms with Crippen molar-refractivity contribution in [3.63, 3.8) is 0 Å². The summed E-state index contributed by atoms with van der Waals surface area (Å²) >= 11 is 0. The predicted molar refractivity (Wildman–Crippen MR) is 63.3 cm³/mol. The quantitative estimate of drug-likeness (QED) is 0.813. The molecule has 1 aromatic rings. The molecule has 1 aromatic heterocycles. The Morgan fingerprint density at radius 2 is 2.18 bits per heavy atom. The Hall–Kier alpha value is -0.940. The Labute approximate surface area is 101 Å². The first-order chi connectivity index (χ1) is 7.99. The third kappa shape index (κ3) is 2.84. The summed E-state index contributed by atoms with van der Waals surface area (Å²) in [6, 6.07) is 0. The smallest absolute Gasteiger partial charge is 0.0909 e. The van der Waals surface area contributed by atoms with Crippen molar-refractivity contribution >= 4 is 0 Å². The van der Waals surface area contributed by atoms with E-state index in [1.807, 2.05) is 0 Å². The average Bonchev–Trinajstić information content (AvgIpc) is 2.68. The molecule has 0 bridgehead atoms. The fourth-order valence-electron chi connectivity index (χ4n) is 2.47. The lowest BCUT2D eigenvalue weighted by Gasteiger charge is -2.38. The summed E-state index contributed by atoms with van der Waals surface area (Å²) in [7, 11) is 1.79. The van der Waals surface area contributed by atoms with E-state index in [1.54, 1.807) is 17.9 Å². The van der Waals surface area contributed by atoms with Crippen molar-refractivity contribution in [1.29, 1.82) is 0 Å². The van der Waals surface area contributed by atoms with Gasteiger partial charge in [-0.15, -0.1) is 5.10 Å². The van der Waals surface area contributed by atoms with Gasteiger partial charge in [0.25, 0.3) is 0 Å². The molecule has 2 N–H and O–H groups in total. The van der Waals surface area contributed by atoms with Crippen molar-refractivity contribution in [2.75, 3.05) is 0 Å². The Morgan fingerprint density at radius 1 is 1.53 bits per heavy atom. The topological polar surface area (TPSA) is 71.2 Å². The number of hydrogen-bond acceptors (Lipinski definition) is 4. The highest BCUT2D eigenvalue weighted by Gasteiger charge is 2.38. The van der Waals surface area contributed by atoms with Crippen LogP contribution in [0.2, 0.25) is 0 Å². The number of rotatable bonds is 3.